The molecular formula is C26H25FN4O. The largest absolute Gasteiger partial charge is 0.378 e. The van der Waals surface area contributed by atoms with Crippen molar-refractivity contribution in [3.63, 3.8) is 0 Å². The Labute approximate surface area is 187 Å². The van der Waals surface area contributed by atoms with E-state index < -0.39 is 0 Å². The molecule has 0 amide bonds. The lowest BCUT2D eigenvalue weighted by Gasteiger charge is -2.29. The van der Waals surface area contributed by atoms with Gasteiger partial charge in [-0.2, -0.15) is 0 Å². The highest BCUT2D eigenvalue weighted by Gasteiger charge is 2.17. The molecule has 32 heavy (non-hydrogen) atoms. The molecule has 3 aromatic carbocycles. The van der Waals surface area contributed by atoms with E-state index in [1.165, 1.54) is 23.4 Å². The number of halogens is 1. The van der Waals surface area contributed by atoms with Gasteiger partial charge in [-0.25, -0.2) is 14.4 Å². The number of aryl methyl sites for hydroxylation is 1. The van der Waals surface area contributed by atoms with Crippen LogP contribution in [0.15, 0.2) is 76.7 Å². The Balaban J connectivity index is 1.54. The van der Waals surface area contributed by atoms with Crippen molar-refractivity contribution in [2.45, 2.75) is 13.3 Å². The second-order valence-corrected chi connectivity index (χ2v) is 7.88. The Morgan fingerprint density at radius 1 is 0.906 bits per heavy atom. The normalized spacial score (nSPS) is 15.9. The van der Waals surface area contributed by atoms with Crippen molar-refractivity contribution >= 4 is 28.7 Å². The predicted octanol–water partition coefficient (Wildman–Crippen LogP) is 5.18. The van der Waals surface area contributed by atoms with Crippen LogP contribution < -0.4 is 10.2 Å². The maximum atomic E-state index is 13.5. The summed E-state index contributed by atoms with van der Waals surface area (Å²) in [6, 6.07) is 20.9. The lowest BCUT2D eigenvalue weighted by atomic mass is 10.1. The van der Waals surface area contributed by atoms with Gasteiger partial charge in [0.1, 0.15) is 11.7 Å². The molecule has 0 aromatic heterocycles. The summed E-state index contributed by atoms with van der Waals surface area (Å²) in [7, 11) is 0. The van der Waals surface area contributed by atoms with Crippen molar-refractivity contribution in [2.24, 2.45) is 9.98 Å². The van der Waals surface area contributed by atoms with Crippen LogP contribution in [0.1, 0.15) is 23.6 Å². The maximum Gasteiger partial charge on any atom is 0.162 e. The number of nitrogens with one attached hydrogen (secondary N) is 1. The first kappa shape index (κ1) is 20.4. The van der Waals surface area contributed by atoms with Crippen LogP contribution in [0.2, 0.25) is 0 Å². The summed E-state index contributed by atoms with van der Waals surface area (Å²) in [5, 5.41) is 3.49. The molecule has 0 spiro atoms. The number of ether oxygens (including phenoxy) is 1. The van der Waals surface area contributed by atoms with Gasteiger partial charge in [0.25, 0.3) is 0 Å². The molecule has 1 fully saturated rings. The molecule has 0 unspecified atom stereocenters. The first-order chi connectivity index (χ1) is 15.7. The zero-order valence-corrected chi connectivity index (χ0v) is 18.0. The predicted molar refractivity (Wildman–Crippen MR) is 128 cm³/mol. The fraction of sp³-hybridized carbons (Fsp3) is 0.231. The SMILES string of the molecule is CCc1ccc2c(c1)NC(c1ccc(N3CCOCC3)cc1)=NC(c1ccc(F)cc1)=N2. The van der Waals surface area contributed by atoms with Gasteiger partial charge in [-0.15, -0.1) is 0 Å². The van der Waals surface area contributed by atoms with Gasteiger partial charge in [0.05, 0.1) is 24.6 Å². The van der Waals surface area contributed by atoms with Crippen molar-refractivity contribution in [2.75, 3.05) is 36.5 Å². The Hall–Kier alpha value is -3.51. The number of morpholine rings is 1. The highest BCUT2D eigenvalue weighted by molar-refractivity contribution is 6.19. The van der Waals surface area contributed by atoms with E-state index >= 15 is 0 Å². The van der Waals surface area contributed by atoms with Crippen molar-refractivity contribution < 1.29 is 9.13 Å². The topological polar surface area (TPSA) is 49.2 Å². The minimum absolute atomic E-state index is 0.281. The van der Waals surface area contributed by atoms with Crippen LogP contribution in [0.5, 0.6) is 0 Å². The van der Waals surface area contributed by atoms with E-state index in [1.54, 1.807) is 12.1 Å². The summed E-state index contributed by atoms with van der Waals surface area (Å²) in [6.07, 6.45) is 0.935. The standard InChI is InChI=1S/C26H25FN4O/c1-2-18-3-12-23-24(17-18)29-26(30-25(28-23)19-4-8-21(27)9-5-19)20-6-10-22(11-7-20)31-13-15-32-16-14-31/h3-12,17H,2,13-16H2,1H3,(H,28,29,30). The fourth-order valence-electron chi connectivity index (χ4n) is 3.92. The molecule has 0 atom stereocenters. The number of benzene rings is 3. The third-order valence-corrected chi connectivity index (χ3v) is 5.79. The van der Waals surface area contributed by atoms with Gasteiger partial charge in [0.2, 0.25) is 0 Å². The molecule has 0 bridgehead atoms. The molecule has 0 radical (unpaired) electrons. The number of nitrogens with zero attached hydrogens (tertiary/aromatic N) is 3. The van der Waals surface area contributed by atoms with E-state index in [1.807, 2.05) is 6.07 Å². The van der Waals surface area contributed by atoms with Crippen molar-refractivity contribution in [3.05, 3.63) is 89.2 Å². The summed E-state index contributed by atoms with van der Waals surface area (Å²) in [5.74, 6) is 0.985. The third kappa shape index (κ3) is 4.27. The molecule has 0 aliphatic carbocycles. The van der Waals surface area contributed by atoms with Crippen molar-refractivity contribution in [1.82, 2.24) is 0 Å². The second-order valence-electron chi connectivity index (χ2n) is 7.88. The summed E-state index contributed by atoms with van der Waals surface area (Å²) in [6.45, 7) is 5.43. The first-order valence-corrected chi connectivity index (χ1v) is 11.0. The molecule has 2 heterocycles. The number of hydrogen-bond donors (Lipinski definition) is 1. The van der Waals surface area contributed by atoms with E-state index in [0.717, 1.165) is 55.2 Å². The highest BCUT2D eigenvalue weighted by Crippen LogP contribution is 2.31. The number of amidine groups is 2. The van der Waals surface area contributed by atoms with E-state index in [0.29, 0.717) is 11.7 Å². The number of anilines is 2. The Morgan fingerprint density at radius 3 is 2.34 bits per heavy atom. The number of fused-ring (bicyclic) bond motifs is 1. The lowest BCUT2D eigenvalue weighted by molar-refractivity contribution is 0.122. The molecule has 1 N–H and O–H groups in total. The summed E-state index contributed by atoms with van der Waals surface area (Å²) in [5.41, 5.74) is 5.85. The first-order valence-electron chi connectivity index (χ1n) is 11.0. The Morgan fingerprint density at radius 2 is 1.62 bits per heavy atom. The minimum Gasteiger partial charge on any atom is -0.378 e. The van der Waals surface area contributed by atoms with Crippen LogP contribution in [-0.2, 0) is 11.2 Å². The Bertz CT molecular complexity index is 1160. The Kier molecular flexibility index (Phi) is 5.69. The third-order valence-electron chi connectivity index (χ3n) is 5.79. The zero-order chi connectivity index (χ0) is 21.9. The van der Waals surface area contributed by atoms with Crippen LogP contribution in [0.25, 0.3) is 0 Å². The molecule has 6 heteroatoms. The molecular weight excluding hydrogens is 403 g/mol. The second kappa shape index (κ2) is 8.93. The number of aliphatic imine (C=N–C) groups is 2. The van der Waals surface area contributed by atoms with Crippen LogP contribution in [0.3, 0.4) is 0 Å². The van der Waals surface area contributed by atoms with E-state index in [-0.39, 0.29) is 5.82 Å². The maximum absolute atomic E-state index is 13.5. The molecule has 162 valence electrons. The van der Waals surface area contributed by atoms with Gasteiger partial charge >= 0.3 is 0 Å². The van der Waals surface area contributed by atoms with Gasteiger partial charge in [0.15, 0.2) is 5.84 Å². The van der Waals surface area contributed by atoms with E-state index in [9.17, 15) is 4.39 Å². The average Bonchev–Trinajstić information content (AvgIpc) is 3.04. The number of rotatable bonds is 4. The van der Waals surface area contributed by atoms with Crippen LogP contribution in [0, 0.1) is 5.82 Å². The summed E-state index contributed by atoms with van der Waals surface area (Å²) in [4.78, 5) is 12.0. The molecule has 2 aliphatic heterocycles. The van der Waals surface area contributed by atoms with Gasteiger partial charge < -0.3 is 15.0 Å². The lowest BCUT2D eigenvalue weighted by Crippen LogP contribution is -2.36. The molecule has 1 saturated heterocycles. The molecule has 2 aliphatic rings. The van der Waals surface area contributed by atoms with Crippen LogP contribution in [0.4, 0.5) is 21.5 Å². The van der Waals surface area contributed by atoms with Gasteiger partial charge in [-0.05, 0) is 72.6 Å². The van der Waals surface area contributed by atoms with Gasteiger partial charge in [0, 0.05) is 29.9 Å². The quantitative estimate of drug-likeness (QED) is 0.623. The van der Waals surface area contributed by atoms with E-state index in [4.69, 9.17) is 14.7 Å². The molecule has 0 saturated carbocycles. The minimum atomic E-state index is -0.281. The van der Waals surface area contributed by atoms with Gasteiger partial charge in [-0.1, -0.05) is 13.0 Å². The van der Waals surface area contributed by atoms with Crippen LogP contribution in [-0.4, -0.2) is 38.0 Å². The smallest absolute Gasteiger partial charge is 0.162 e. The number of hydrogen-bond acceptors (Lipinski definition) is 5. The van der Waals surface area contributed by atoms with Gasteiger partial charge in [-0.3, -0.25) is 0 Å². The van der Waals surface area contributed by atoms with E-state index in [2.05, 4.69) is 53.5 Å². The summed E-state index contributed by atoms with van der Waals surface area (Å²) < 4.78 is 18.9. The van der Waals surface area contributed by atoms with Crippen molar-refractivity contribution in [1.29, 1.82) is 0 Å². The molecule has 3 aromatic rings. The van der Waals surface area contributed by atoms with Crippen molar-refractivity contribution in [3.8, 4) is 0 Å². The fourth-order valence-corrected chi connectivity index (χ4v) is 3.92. The molecule has 5 rings (SSSR count). The average molecular weight is 429 g/mol. The van der Waals surface area contributed by atoms with Crippen LogP contribution >= 0.6 is 0 Å². The highest BCUT2D eigenvalue weighted by atomic mass is 19.1. The molecule has 5 nitrogen and oxygen atoms in total. The summed E-state index contributed by atoms with van der Waals surface area (Å²) >= 11 is 0. The zero-order valence-electron chi connectivity index (χ0n) is 18.0. The monoisotopic (exact) mass is 428 g/mol.